The van der Waals surface area contributed by atoms with Gasteiger partial charge >= 0.3 is 0 Å². The van der Waals surface area contributed by atoms with Crippen molar-refractivity contribution in [2.24, 2.45) is 0 Å². The molecule has 0 radical (unpaired) electrons. The number of para-hydroxylation sites is 1. The van der Waals surface area contributed by atoms with Crippen molar-refractivity contribution in [1.82, 2.24) is 14.5 Å². The van der Waals surface area contributed by atoms with Crippen LogP contribution in [0.5, 0.6) is 0 Å². The summed E-state index contributed by atoms with van der Waals surface area (Å²) in [6, 6.07) is 6.12. The molecule has 0 saturated heterocycles. The Morgan fingerprint density at radius 1 is 1.38 bits per heavy atom. The average molecular weight is 324 g/mol. The largest absolute Gasteiger partial charge is 0.364 e. The maximum Gasteiger partial charge on any atom is 0.258 e. The summed E-state index contributed by atoms with van der Waals surface area (Å²) in [6.45, 7) is 4.25. The number of hydrogen-bond acceptors (Lipinski definition) is 2. The van der Waals surface area contributed by atoms with Crippen LogP contribution in [0.3, 0.4) is 0 Å². The van der Waals surface area contributed by atoms with Gasteiger partial charge in [0.1, 0.15) is 11.6 Å². The van der Waals surface area contributed by atoms with E-state index in [2.05, 4.69) is 33.7 Å². The van der Waals surface area contributed by atoms with Crippen molar-refractivity contribution in [2.75, 3.05) is 5.32 Å². The number of aromatic amines is 1. The number of H-pyrrole nitrogens is 1. The van der Waals surface area contributed by atoms with E-state index < -0.39 is 5.82 Å². The second-order valence-electron chi connectivity index (χ2n) is 6.60. The van der Waals surface area contributed by atoms with Crippen molar-refractivity contribution in [1.29, 1.82) is 0 Å². The Bertz CT molecular complexity index is 938. The molecule has 0 atom stereocenters. The van der Waals surface area contributed by atoms with E-state index in [1.807, 2.05) is 6.20 Å². The summed E-state index contributed by atoms with van der Waals surface area (Å²) in [4.78, 5) is 20.3. The highest BCUT2D eigenvalue weighted by Gasteiger charge is 2.34. The Balaban J connectivity index is 1.75. The topological polar surface area (TPSA) is 62.7 Å². The second kappa shape index (κ2) is 5.06. The fourth-order valence-electron chi connectivity index (χ4n) is 3.29. The number of aromatic nitrogens is 3. The van der Waals surface area contributed by atoms with Crippen LogP contribution in [-0.2, 0) is 12.0 Å². The van der Waals surface area contributed by atoms with Gasteiger partial charge in [-0.3, -0.25) is 4.79 Å². The molecule has 0 aliphatic carbocycles. The monoisotopic (exact) mass is 324 g/mol. The Morgan fingerprint density at radius 3 is 2.96 bits per heavy atom. The second-order valence-corrected chi connectivity index (χ2v) is 6.60. The number of benzene rings is 1. The summed E-state index contributed by atoms with van der Waals surface area (Å²) < 4.78 is 15.9. The predicted molar refractivity (Wildman–Crippen MR) is 89.4 cm³/mol. The molecule has 5 nitrogen and oxygen atoms in total. The van der Waals surface area contributed by atoms with Crippen LogP contribution >= 0.6 is 0 Å². The lowest BCUT2D eigenvalue weighted by Gasteiger charge is -2.32. The number of amides is 1. The highest BCUT2D eigenvalue weighted by atomic mass is 19.1. The zero-order valence-electron chi connectivity index (χ0n) is 13.4. The lowest BCUT2D eigenvalue weighted by molar-refractivity contribution is 0.102. The molecule has 1 aliphatic heterocycles. The van der Waals surface area contributed by atoms with Gasteiger partial charge in [-0.25, -0.2) is 9.37 Å². The third-order valence-corrected chi connectivity index (χ3v) is 4.45. The SMILES string of the molecule is CC1(C)Cc2[nH]cc(C(=O)Nc3ccccc3F)c2-c2nccn21. The zero-order valence-corrected chi connectivity index (χ0v) is 13.4. The van der Waals surface area contributed by atoms with Gasteiger partial charge in [-0.15, -0.1) is 0 Å². The Kier molecular flexibility index (Phi) is 3.09. The fraction of sp³-hybridized carbons (Fsp3) is 0.222. The van der Waals surface area contributed by atoms with Crippen LogP contribution in [0.4, 0.5) is 10.1 Å². The lowest BCUT2D eigenvalue weighted by atomic mass is 9.90. The van der Waals surface area contributed by atoms with Gasteiger partial charge in [-0.1, -0.05) is 12.1 Å². The van der Waals surface area contributed by atoms with Gasteiger partial charge in [-0.2, -0.15) is 0 Å². The van der Waals surface area contributed by atoms with Gasteiger partial charge in [0, 0.05) is 36.2 Å². The van der Waals surface area contributed by atoms with Gasteiger partial charge in [0.25, 0.3) is 5.91 Å². The normalized spacial score (nSPS) is 14.8. The number of imidazole rings is 1. The van der Waals surface area contributed by atoms with Crippen LogP contribution in [0.2, 0.25) is 0 Å². The molecule has 24 heavy (non-hydrogen) atoms. The first kappa shape index (κ1) is 14.7. The number of carbonyl (C=O) groups excluding carboxylic acids is 1. The third kappa shape index (κ3) is 2.14. The molecule has 122 valence electrons. The predicted octanol–water partition coefficient (Wildman–Crippen LogP) is 3.56. The van der Waals surface area contributed by atoms with Crippen molar-refractivity contribution in [3.63, 3.8) is 0 Å². The molecule has 2 aromatic heterocycles. The van der Waals surface area contributed by atoms with Crippen molar-refractivity contribution < 1.29 is 9.18 Å². The van der Waals surface area contributed by atoms with E-state index in [9.17, 15) is 9.18 Å². The Hall–Kier alpha value is -2.89. The Labute approximate surface area is 138 Å². The minimum atomic E-state index is -0.460. The van der Waals surface area contributed by atoms with E-state index >= 15 is 0 Å². The zero-order chi connectivity index (χ0) is 16.9. The summed E-state index contributed by atoms with van der Waals surface area (Å²) in [6.07, 6.45) is 6.08. The maximum atomic E-state index is 13.8. The minimum Gasteiger partial charge on any atom is -0.364 e. The van der Waals surface area contributed by atoms with Crippen LogP contribution in [0.15, 0.2) is 42.9 Å². The van der Waals surface area contributed by atoms with E-state index in [4.69, 9.17) is 0 Å². The molecule has 1 aliphatic rings. The van der Waals surface area contributed by atoms with Gasteiger partial charge in [-0.05, 0) is 26.0 Å². The first-order chi connectivity index (χ1) is 11.5. The van der Waals surface area contributed by atoms with E-state index in [1.54, 1.807) is 24.5 Å². The van der Waals surface area contributed by atoms with Crippen LogP contribution in [0, 0.1) is 5.82 Å². The maximum absolute atomic E-state index is 13.8. The molecule has 1 aromatic carbocycles. The van der Waals surface area contributed by atoms with Crippen molar-refractivity contribution >= 4 is 11.6 Å². The van der Waals surface area contributed by atoms with Crippen LogP contribution in [0.25, 0.3) is 11.4 Å². The smallest absolute Gasteiger partial charge is 0.258 e. The lowest BCUT2D eigenvalue weighted by Crippen LogP contribution is -2.33. The molecular weight excluding hydrogens is 307 g/mol. The molecule has 0 saturated carbocycles. The summed E-state index contributed by atoms with van der Waals surface area (Å²) in [5, 5.41) is 2.64. The molecule has 4 rings (SSSR count). The van der Waals surface area contributed by atoms with E-state index in [-0.39, 0.29) is 17.1 Å². The molecule has 0 bridgehead atoms. The first-order valence-corrected chi connectivity index (χ1v) is 7.78. The van der Waals surface area contributed by atoms with E-state index in [0.29, 0.717) is 5.56 Å². The standard InChI is InChI=1S/C18H17FN4O/c1-18(2)9-14-15(16-20-7-8-23(16)18)11(10-21-14)17(24)22-13-6-4-3-5-12(13)19/h3-8,10,21H,9H2,1-2H3,(H,22,24). The van der Waals surface area contributed by atoms with Crippen LogP contribution in [0.1, 0.15) is 29.9 Å². The number of halogens is 1. The van der Waals surface area contributed by atoms with Gasteiger partial charge in [0.05, 0.1) is 16.8 Å². The van der Waals surface area contributed by atoms with E-state index in [0.717, 1.165) is 23.5 Å². The highest BCUT2D eigenvalue weighted by Crippen LogP contribution is 2.38. The summed E-state index contributed by atoms with van der Waals surface area (Å²) >= 11 is 0. The van der Waals surface area contributed by atoms with E-state index in [1.165, 1.54) is 12.1 Å². The number of nitrogens with zero attached hydrogens (tertiary/aromatic N) is 2. The molecule has 2 N–H and O–H groups in total. The summed E-state index contributed by atoms with van der Waals surface area (Å²) in [5.74, 6) is -0.0640. The number of rotatable bonds is 2. The molecule has 0 spiro atoms. The molecule has 3 heterocycles. The van der Waals surface area contributed by atoms with Gasteiger partial charge < -0.3 is 14.9 Å². The quantitative estimate of drug-likeness (QED) is 0.757. The Morgan fingerprint density at radius 2 is 2.17 bits per heavy atom. The van der Waals surface area contributed by atoms with Crippen molar-refractivity contribution in [2.45, 2.75) is 25.8 Å². The molecular formula is C18H17FN4O. The number of fused-ring (bicyclic) bond motifs is 3. The fourth-order valence-corrected chi connectivity index (χ4v) is 3.29. The molecule has 0 unspecified atom stereocenters. The number of nitrogens with one attached hydrogen (secondary N) is 2. The number of anilines is 1. The summed E-state index contributed by atoms with van der Waals surface area (Å²) in [5.41, 5.74) is 2.27. The third-order valence-electron chi connectivity index (χ3n) is 4.45. The van der Waals surface area contributed by atoms with Crippen molar-refractivity contribution in [3.05, 3.63) is 59.9 Å². The van der Waals surface area contributed by atoms with Crippen LogP contribution < -0.4 is 5.32 Å². The average Bonchev–Trinajstić information content (AvgIpc) is 3.15. The van der Waals surface area contributed by atoms with Crippen LogP contribution in [-0.4, -0.2) is 20.4 Å². The number of carbonyl (C=O) groups is 1. The number of hydrogen-bond donors (Lipinski definition) is 2. The van der Waals surface area contributed by atoms with Gasteiger partial charge in [0.2, 0.25) is 0 Å². The van der Waals surface area contributed by atoms with Gasteiger partial charge in [0.15, 0.2) is 0 Å². The molecule has 1 amide bonds. The minimum absolute atomic E-state index is 0.122. The summed E-state index contributed by atoms with van der Waals surface area (Å²) in [7, 11) is 0. The molecule has 3 aromatic rings. The molecule has 6 heteroatoms. The first-order valence-electron chi connectivity index (χ1n) is 7.78. The molecule has 0 fully saturated rings. The van der Waals surface area contributed by atoms with Crippen molar-refractivity contribution in [3.8, 4) is 11.4 Å². The highest BCUT2D eigenvalue weighted by molar-refractivity contribution is 6.09.